The van der Waals surface area contributed by atoms with E-state index in [0.717, 1.165) is 0 Å². The highest BCUT2D eigenvalue weighted by Crippen LogP contribution is 2.15. The fraction of sp³-hybridized carbons (Fsp3) is 0.222. The molecule has 0 aliphatic carbocycles. The van der Waals surface area contributed by atoms with Crippen molar-refractivity contribution in [3.8, 4) is 6.07 Å². The molecule has 0 aliphatic rings. The molecule has 2 N–H and O–H groups in total. The molecule has 0 aromatic heterocycles. The van der Waals surface area contributed by atoms with Crippen LogP contribution in [0.1, 0.15) is 17.3 Å². The Morgan fingerprint density at radius 1 is 1.42 bits per heavy atom. The van der Waals surface area contributed by atoms with E-state index in [1.807, 2.05) is 6.07 Å². The summed E-state index contributed by atoms with van der Waals surface area (Å²) in [5.41, 5.74) is 6.19. The number of alkyl halides is 1. The highest BCUT2D eigenvalue weighted by Gasteiger charge is 2.05. The molecule has 2 nitrogen and oxygen atoms in total. The van der Waals surface area contributed by atoms with Gasteiger partial charge in [0.1, 0.15) is 6.17 Å². The van der Waals surface area contributed by atoms with Crippen molar-refractivity contribution in [3.05, 3.63) is 35.4 Å². The van der Waals surface area contributed by atoms with Gasteiger partial charge in [0.15, 0.2) is 0 Å². The number of hydrogen-bond acceptors (Lipinski definition) is 2. The first kappa shape index (κ1) is 8.69. The molecule has 0 spiro atoms. The summed E-state index contributed by atoms with van der Waals surface area (Å²) in [4.78, 5) is 0. The number of nitriles is 1. The third kappa shape index (κ3) is 1.80. The zero-order valence-electron chi connectivity index (χ0n) is 6.50. The van der Waals surface area contributed by atoms with Crippen LogP contribution in [0.15, 0.2) is 24.3 Å². The van der Waals surface area contributed by atoms with Crippen molar-refractivity contribution in [2.45, 2.75) is 6.17 Å². The van der Waals surface area contributed by atoms with Crippen LogP contribution in [-0.4, -0.2) is 6.54 Å². The maximum absolute atomic E-state index is 12.9. The second kappa shape index (κ2) is 3.84. The van der Waals surface area contributed by atoms with Gasteiger partial charge in [-0.15, -0.1) is 0 Å². The van der Waals surface area contributed by atoms with Crippen molar-refractivity contribution in [3.63, 3.8) is 0 Å². The van der Waals surface area contributed by atoms with Gasteiger partial charge < -0.3 is 5.73 Å². The molecule has 0 fully saturated rings. The van der Waals surface area contributed by atoms with E-state index >= 15 is 0 Å². The van der Waals surface area contributed by atoms with Crippen molar-refractivity contribution in [2.75, 3.05) is 6.54 Å². The van der Waals surface area contributed by atoms with E-state index in [0.29, 0.717) is 11.1 Å². The summed E-state index contributed by atoms with van der Waals surface area (Å²) >= 11 is 0. The predicted molar refractivity (Wildman–Crippen MR) is 44.1 cm³/mol. The summed E-state index contributed by atoms with van der Waals surface area (Å²) in [6.45, 7) is -0.0219. The Morgan fingerprint density at radius 2 is 2.00 bits per heavy atom. The highest BCUT2D eigenvalue weighted by atomic mass is 19.1. The fourth-order valence-corrected chi connectivity index (χ4v) is 0.903. The zero-order valence-corrected chi connectivity index (χ0v) is 6.50. The number of nitrogens with zero attached hydrogens (tertiary/aromatic N) is 1. The molecular weight excluding hydrogens is 155 g/mol. The van der Waals surface area contributed by atoms with Gasteiger partial charge in [0.2, 0.25) is 0 Å². The lowest BCUT2D eigenvalue weighted by molar-refractivity contribution is 0.353. The average molecular weight is 164 g/mol. The van der Waals surface area contributed by atoms with Crippen molar-refractivity contribution in [1.29, 1.82) is 5.26 Å². The van der Waals surface area contributed by atoms with E-state index in [1.54, 1.807) is 24.3 Å². The lowest BCUT2D eigenvalue weighted by atomic mass is 10.1. The molecule has 1 aromatic rings. The van der Waals surface area contributed by atoms with Crippen LogP contribution in [0.3, 0.4) is 0 Å². The molecule has 0 aliphatic heterocycles. The van der Waals surface area contributed by atoms with Crippen molar-refractivity contribution < 1.29 is 4.39 Å². The Bertz CT molecular complexity index is 286. The fourth-order valence-electron chi connectivity index (χ4n) is 0.903. The Labute approximate surface area is 70.4 Å². The standard InChI is InChI=1S/C9H9FN2/c10-9(6-12)8-3-1-7(5-11)2-4-8/h1-4,9H,6,12H2. The lowest BCUT2D eigenvalue weighted by Crippen LogP contribution is -2.07. The molecule has 0 bridgehead atoms. The van der Waals surface area contributed by atoms with Crippen LogP contribution in [0.25, 0.3) is 0 Å². The molecule has 1 aromatic carbocycles. The number of rotatable bonds is 2. The van der Waals surface area contributed by atoms with E-state index in [4.69, 9.17) is 11.0 Å². The first-order valence-corrected chi connectivity index (χ1v) is 3.62. The largest absolute Gasteiger partial charge is 0.327 e. The maximum Gasteiger partial charge on any atom is 0.137 e. The van der Waals surface area contributed by atoms with Crippen LogP contribution < -0.4 is 5.73 Å². The van der Waals surface area contributed by atoms with Crippen LogP contribution in [0.2, 0.25) is 0 Å². The summed E-state index contributed by atoms with van der Waals surface area (Å²) in [5, 5.41) is 8.46. The SMILES string of the molecule is N#Cc1ccc(C(F)CN)cc1. The van der Waals surface area contributed by atoms with Crippen LogP contribution in [-0.2, 0) is 0 Å². The van der Waals surface area contributed by atoms with E-state index < -0.39 is 6.17 Å². The van der Waals surface area contributed by atoms with Crippen molar-refractivity contribution >= 4 is 0 Å². The van der Waals surface area contributed by atoms with Gasteiger partial charge in [-0.2, -0.15) is 5.26 Å². The third-order valence-electron chi connectivity index (χ3n) is 1.61. The first-order valence-electron chi connectivity index (χ1n) is 3.62. The zero-order chi connectivity index (χ0) is 8.97. The van der Waals surface area contributed by atoms with Crippen LogP contribution >= 0.6 is 0 Å². The van der Waals surface area contributed by atoms with E-state index in [9.17, 15) is 4.39 Å². The molecule has 1 atom stereocenters. The normalized spacial score (nSPS) is 12.1. The minimum absolute atomic E-state index is 0.0219. The Balaban J connectivity index is 2.86. The molecular formula is C9H9FN2. The summed E-state index contributed by atoms with van der Waals surface area (Å²) < 4.78 is 12.9. The minimum atomic E-state index is -1.13. The van der Waals surface area contributed by atoms with Gasteiger partial charge in [-0.05, 0) is 17.7 Å². The molecule has 1 unspecified atom stereocenters. The third-order valence-corrected chi connectivity index (χ3v) is 1.61. The van der Waals surface area contributed by atoms with Crippen LogP contribution in [0, 0.1) is 11.3 Å². The summed E-state index contributed by atoms with van der Waals surface area (Å²) in [6.07, 6.45) is -1.13. The van der Waals surface area contributed by atoms with Gasteiger partial charge in [-0.1, -0.05) is 12.1 Å². The molecule has 12 heavy (non-hydrogen) atoms. The molecule has 0 radical (unpaired) electrons. The molecule has 3 heteroatoms. The van der Waals surface area contributed by atoms with Gasteiger partial charge in [0.05, 0.1) is 11.6 Å². The summed E-state index contributed by atoms with van der Waals surface area (Å²) in [5.74, 6) is 0. The van der Waals surface area contributed by atoms with Gasteiger partial charge in [-0.3, -0.25) is 0 Å². The van der Waals surface area contributed by atoms with Crippen LogP contribution in [0.4, 0.5) is 4.39 Å². The predicted octanol–water partition coefficient (Wildman–Crippen LogP) is 1.53. The number of halogens is 1. The second-order valence-electron chi connectivity index (χ2n) is 2.44. The number of benzene rings is 1. The van der Waals surface area contributed by atoms with E-state index in [-0.39, 0.29) is 6.54 Å². The Morgan fingerprint density at radius 3 is 2.42 bits per heavy atom. The van der Waals surface area contributed by atoms with Crippen LogP contribution in [0.5, 0.6) is 0 Å². The molecule has 0 saturated heterocycles. The van der Waals surface area contributed by atoms with Gasteiger partial charge in [-0.25, -0.2) is 4.39 Å². The highest BCUT2D eigenvalue weighted by molar-refractivity contribution is 5.32. The number of nitrogens with two attached hydrogens (primary N) is 1. The molecule has 1 rings (SSSR count). The monoisotopic (exact) mass is 164 g/mol. The lowest BCUT2D eigenvalue weighted by Gasteiger charge is -2.03. The van der Waals surface area contributed by atoms with Gasteiger partial charge in [0.25, 0.3) is 0 Å². The van der Waals surface area contributed by atoms with Crippen molar-refractivity contribution in [1.82, 2.24) is 0 Å². The van der Waals surface area contributed by atoms with Gasteiger partial charge in [0, 0.05) is 6.54 Å². The Hall–Kier alpha value is -1.40. The quantitative estimate of drug-likeness (QED) is 0.720. The van der Waals surface area contributed by atoms with E-state index in [1.165, 1.54) is 0 Å². The summed E-state index contributed by atoms with van der Waals surface area (Å²) in [7, 11) is 0. The second-order valence-corrected chi connectivity index (χ2v) is 2.44. The Kier molecular flexibility index (Phi) is 2.78. The number of hydrogen-bond donors (Lipinski definition) is 1. The molecule has 62 valence electrons. The molecule has 0 amide bonds. The first-order chi connectivity index (χ1) is 5.77. The average Bonchev–Trinajstić information content (AvgIpc) is 2.17. The van der Waals surface area contributed by atoms with Crippen molar-refractivity contribution in [2.24, 2.45) is 5.73 Å². The summed E-state index contributed by atoms with van der Waals surface area (Å²) in [6, 6.07) is 8.28. The van der Waals surface area contributed by atoms with Gasteiger partial charge >= 0.3 is 0 Å². The molecule has 0 saturated carbocycles. The maximum atomic E-state index is 12.9. The molecule has 0 heterocycles. The smallest absolute Gasteiger partial charge is 0.137 e. The minimum Gasteiger partial charge on any atom is -0.327 e. The van der Waals surface area contributed by atoms with E-state index in [2.05, 4.69) is 0 Å². The topological polar surface area (TPSA) is 49.8 Å².